The van der Waals surface area contributed by atoms with Crippen molar-refractivity contribution in [2.75, 3.05) is 26.3 Å². The molecule has 16 heteroatoms. The van der Waals surface area contributed by atoms with E-state index >= 15 is 0 Å². The molecule has 2 heterocycles. The summed E-state index contributed by atoms with van der Waals surface area (Å²) in [6.45, 7) is 7.01. The van der Waals surface area contributed by atoms with Crippen LogP contribution >= 0.6 is 0 Å². The van der Waals surface area contributed by atoms with Gasteiger partial charge in [-0.25, -0.2) is 19.3 Å². The Labute approximate surface area is 203 Å². The first kappa shape index (κ1) is 28.5. The Morgan fingerprint density at radius 3 is 2.40 bits per heavy atom. The van der Waals surface area contributed by atoms with E-state index in [9.17, 15) is 27.6 Å². The van der Waals surface area contributed by atoms with E-state index in [1.165, 1.54) is 13.8 Å². The molecule has 2 bridgehead atoms. The average molecular weight is 525 g/mol. The molecule has 0 radical (unpaired) electrons. The molecule has 2 saturated heterocycles. The third-order valence-corrected chi connectivity index (χ3v) is 5.73. The van der Waals surface area contributed by atoms with Gasteiger partial charge in [-0.2, -0.15) is 13.5 Å². The molecule has 0 aromatic carbocycles. The Hall–Kier alpha value is -2.69. The van der Waals surface area contributed by atoms with E-state index in [2.05, 4.69) is 15.0 Å². The molecule has 4 amide bonds. The summed E-state index contributed by atoms with van der Waals surface area (Å²) < 4.78 is 38.8. The Kier molecular flexibility index (Phi) is 8.91. The van der Waals surface area contributed by atoms with Crippen LogP contribution in [0.2, 0.25) is 0 Å². The molecule has 35 heavy (non-hydrogen) atoms. The van der Waals surface area contributed by atoms with E-state index < -0.39 is 64.1 Å². The van der Waals surface area contributed by atoms with E-state index in [-0.39, 0.29) is 32.5 Å². The number of urea groups is 1. The number of carboxylic acids is 1. The number of hydrogen-bond donors (Lipinski definition) is 3. The Balaban J connectivity index is 1.82. The van der Waals surface area contributed by atoms with Crippen LogP contribution in [0.3, 0.4) is 0 Å². The standard InChI is InChI=1S/C19H32N4O11S/c1-18(2,3)33-16(27)20-8-9-31-21-14(24)13-7-6-12-10-22(13)17(28)23(12)34-35(29,30)32-11-19(4,5)15(25)26/h12-13H,6-11H2,1-5H3,(H,20,27)(H,21,24)(H,25,26)/t12-,13+/m1/s1. The largest absolute Gasteiger partial charge is 0.481 e. The third kappa shape index (κ3) is 8.19. The van der Waals surface area contributed by atoms with Gasteiger partial charge in [0.15, 0.2) is 0 Å². The highest BCUT2D eigenvalue weighted by Gasteiger charge is 2.49. The number of nitrogens with one attached hydrogen (secondary N) is 2. The van der Waals surface area contributed by atoms with Crippen molar-refractivity contribution in [3.8, 4) is 0 Å². The Bertz CT molecular complexity index is 932. The topological polar surface area (TPSA) is 190 Å². The molecule has 0 aromatic heterocycles. The molecule has 0 spiro atoms. The van der Waals surface area contributed by atoms with Crippen molar-refractivity contribution in [3.63, 3.8) is 0 Å². The van der Waals surface area contributed by atoms with Crippen molar-refractivity contribution in [3.05, 3.63) is 0 Å². The molecule has 200 valence electrons. The van der Waals surface area contributed by atoms with Crippen LogP contribution in [-0.4, -0.2) is 91.5 Å². The third-order valence-electron chi connectivity index (χ3n) is 4.99. The summed E-state index contributed by atoms with van der Waals surface area (Å²) in [5.74, 6) is -1.90. The van der Waals surface area contributed by atoms with Crippen molar-refractivity contribution in [1.29, 1.82) is 0 Å². The van der Waals surface area contributed by atoms with Crippen LogP contribution in [-0.2, 0) is 38.0 Å². The normalized spacial score (nSPS) is 20.5. The molecule has 2 fully saturated rings. The quantitative estimate of drug-likeness (QED) is 0.246. The SMILES string of the molecule is CC(C)(C)OC(=O)NCCONC(=O)[C@@H]1CC[C@@H]2CN1C(=O)N2OS(=O)(=O)OCC(C)(C)C(=O)O. The predicted molar refractivity (Wildman–Crippen MR) is 116 cm³/mol. The number of nitrogens with zero attached hydrogens (tertiary/aromatic N) is 2. The average Bonchev–Trinajstić information content (AvgIpc) is 2.95. The van der Waals surface area contributed by atoms with Crippen LogP contribution < -0.4 is 10.8 Å². The summed E-state index contributed by atoms with van der Waals surface area (Å²) in [6.07, 6.45) is -0.162. The second-order valence-corrected chi connectivity index (χ2v) is 10.9. The number of hydrogen-bond acceptors (Lipinski definition) is 10. The molecule has 0 unspecified atom stereocenters. The molecule has 0 aromatic rings. The summed E-state index contributed by atoms with van der Waals surface area (Å²) in [5, 5.41) is 12.1. The number of ether oxygens (including phenoxy) is 1. The smallest absolute Gasteiger partial charge is 0.421 e. The monoisotopic (exact) mass is 524 g/mol. The fourth-order valence-corrected chi connectivity index (χ4v) is 3.98. The molecule has 2 rings (SSSR count). The zero-order chi connectivity index (χ0) is 26.6. The number of fused-ring (bicyclic) bond motifs is 2. The zero-order valence-electron chi connectivity index (χ0n) is 20.2. The lowest BCUT2D eigenvalue weighted by atomic mass is 9.96. The lowest BCUT2D eigenvalue weighted by Gasteiger charge is -2.28. The minimum Gasteiger partial charge on any atom is -0.481 e. The van der Waals surface area contributed by atoms with Gasteiger partial charge in [0.2, 0.25) is 0 Å². The highest BCUT2D eigenvalue weighted by atomic mass is 32.3. The number of carbonyl (C=O) groups is 4. The number of hydroxylamine groups is 3. The minimum absolute atomic E-state index is 0.0350. The number of carboxylic acid groups (broad SMARTS) is 1. The minimum atomic E-state index is -4.74. The molecule has 15 nitrogen and oxygen atoms in total. The van der Waals surface area contributed by atoms with Crippen molar-refractivity contribution in [1.82, 2.24) is 20.8 Å². The lowest BCUT2D eigenvalue weighted by Crippen LogP contribution is -2.50. The molecule has 2 aliphatic rings. The first-order valence-electron chi connectivity index (χ1n) is 10.8. The van der Waals surface area contributed by atoms with E-state index in [0.717, 1.165) is 4.90 Å². The van der Waals surface area contributed by atoms with Crippen molar-refractivity contribution in [2.24, 2.45) is 5.41 Å². The maximum atomic E-state index is 12.7. The van der Waals surface area contributed by atoms with Gasteiger partial charge in [0.25, 0.3) is 5.91 Å². The van der Waals surface area contributed by atoms with Crippen molar-refractivity contribution >= 4 is 34.4 Å². The fraction of sp³-hybridized carbons (Fsp3) is 0.789. The van der Waals surface area contributed by atoms with Crippen LogP contribution in [0.4, 0.5) is 9.59 Å². The van der Waals surface area contributed by atoms with Gasteiger partial charge in [0, 0.05) is 13.1 Å². The van der Waals surface area contributed by atoms with Gasteiger partial charge >= 0.3 is 28.5 Å². The number of alkyl carbamates (subject to hydrolysis) is 1. The summed E-state index contributed by atoms with van der Waals surface area (Å²) in [4.78, 5) is 54.0. The Morgan fingerprint density at radius 1 is 1.14 bits per heavy atom. The molecule has 2 atom stereocenters. The second-order valence-electron chi connectivity index (χ2n) is 9.69. The van der Waals surface area contributed by atoms with E-state index in [1.54, 1.807) is 20.8 Å². The molecule has 0 saturated carbocycles. The number of rotatable bonds is 11. The number of carbonyl (C=O) groups excluding carboxylic acids is 3. The summed E-state index contributed by atoms with van der Waals surface area (Å²) in [6, 6.07) is -2.43. The molecule has 2 aliphatic heterocycles. The van der Waals surface area contributed by atoms with E-state index in [1.807, 2.05) is 0 Å². The van der Waals surface area contributed by atoms with Gasteiger partial charge in [0.05, 0.1) is 24.7 Å². The van der Waals surface area contributed by atoms with Crippen LogP contribution in [0.15, 0.2) is 0 Å². The summed E-state index contributed by atoms with van der Waals surface area (Å²) in [7, 11) is -4.74. The maximum absolute atomic E-state index is 12.7. The van der Waals surface area contributed by atoms with E-state index in [4.69, 9.17) is 19.0 Å². The molecular weight excluding hydrogens is 492 g/mol. The predicted octanol–water partition coefficient (Wildman–Crippen LogP) is 0.131. The first-order valence-corrected chi connectivity index (χ1v) is 12.2. The van der Waals surface area contributed by atoms with Crippen molar-refractivity contribution < 1.29 is 50.7 Å². The first-order chi connectivity index (χ1) is 16.0. The summed E-state index contributed by atoms with van der Waals surface area (Å²) >= 11 is 0. The number of amides is 4. The fourth-order valence-electron chi connectivity index (χ4n) is 3.11. The van der Waals surface area contributed by atoms with E-state index in [0.29, 0.717) is 5.06 Å². The van der Waals surface area contributed by atoms with Crippen LogP contribution in [0.5, 0.6) is 0 Å². The highest BCUT2D eigenvalue weighted by Crippen LogP contribution is 2.31. The van der Waals surface area contributed by atoms with Crippen molar-refractivity contribution in [2.45, 2.75) is 65.1 Å². The van der Waals surface area contributed by atoms with Gasteiger partial charge in [-0.1, -0.05) is 0 Å². The lowest BCUT2D eigenvalue weighted by molar-refractivity contribution is -0.148. The van der Waals surface area contributed by atoms with Gasteiger partial charge < -0.3 is 20.1 Å². The summed E-state index contributed by atoms with van der Waals surface area (Å²) in [5.41, 5.74) is 0.0476. The number of aliphatic carboxylic acids is 1. The molecule has 0 aliphatic carbocycles. The number of piperidine rings is 1. The van der Waals surface area contributed by atoms with Gasteiger partial charge in [-0.15, -0.1) is 4.28 Å². The van der Waals surface area contributed by atoms with Crippen LogP contribution in [0, 0.1) is 5.41 Å². The Morgan fingerprint density at radius 2 is 1.80 bits per heavy atom. The molecular formula is C19H32N4O11S. The molecule has 3 N–H and O–H groups in total. The zero-order valence-corrected chi connectivity index (χ0v) is 21.0. The van der Waals surface area contributed by atoms with Gasteiger partial charge in [-0.05, 0) is 47.5 Å². The highest BCUT2D eigenvalue weighted by molar-refractivity contribution is 7.81. The maximum Gasteiger partial charge on any atom is 0.421 e. The van der Waals surface area contributed by atoms with Gasteiger partial charge in [-0.3, -0.25) is 14.4 Å². The van der Waals surface area contributed by atoms with Gasteiger partial charge in [0.1, 0.15) is 11.6 Å². The second kappa shape index (κ2) is 10.9. The van der Waals surface area contributed by atoms with Crippen LogP contribution in [0.1, 0.15) is 47.5 Å². The van der Waals surface area contributed by atoms with Crippen LogP contribution in [0.25, 0.3) is 0 Å².